The summed E-state index contributed by atoms with van der Waals surface area (Å²) < 4.78 is 0. The summed E-state index contributed by atoms with van der Waals surface area (Å²) in [5.74, 6) is -0.0454. The lowest BCUT2D eigenvalue weighted by Crippen LogP contribution is -3.15. The van der Waals surface area contributed by atoms with Crippen LogP contribution in [0.3, 0.4) is 0 Å². The smallest absolute Gasteiger partial charge is 0.244 e. The molecule has 0 atom stereocenters. The fourth-order valence-electron chi connectivity index (χ4n) is 3.74. The van der Waals surface area contributed by atoms with Crippen LogP contribution < -0.4 is 20.7 Å². The monoisotopic (exact) mass is 345 g/mol. The van der Waals surface area contributed by atoms with E-state index in [9.17, 15) is 9.59 Å². The summed E-state index contributed by atoms with van der Waals surface area (Å²) in [6.07, 6.45) is 4.56. The molecule has 1 heterocycles. The van der Waals surface area contributed by atoms with Gasteiger partial charge in [0, 0.05) is 11.6 Å². The van der Waals surface area contributed by atoms with Crippen LogP contribution in [0.2, 0.25) is 0 Å². The number of para-hydroxylation sites is 1. The lowest BCUT2D eigenvalue weighted by Gasteiger charge is -2.33. The molecule has 2 fully saturated rings. The largest absolute Gasteiger partial charge is 0.360 e. The number of benzene rings is 1. The van der Waals surface area contributed by atoms with Crippen molar-refractivity contribution < 1.29 is 14.5 Å². The molecule has 3 rings (SSSR count). The van der Waals surface area contributed by atoms with E-state index in [0.29, 0.717) is 6.42 Å². The number of carbonyl (C=O) groups excluding carboxylic acids is 2. The molecule has 0 unspecified atom stereocenters. The number of amides is 2. The highest BCUT2D eigenvalue weighted by Crippen LogP contribution is 2.24. The molecule has 1 aliphatic heterocycles. The zero-order chi connectivity index (χ0) is 17.5. The number of hydrogen-bond acceptors (Lipinski definition) is 3. The number of nitrogens with zero attached hydrogens (tertiary/aromatic N) is 1. The van der Waals surface area contributed by atoms with Crippen LogP contribution in [0.1, 0.15) is 32.1 Å². The van der Waals surface area contributed by atoms with Gasteiger partial charge in [0.25, 0.3) is 0 Å². The third-order valence-corrected chi connectivity index (χ3v) is 5.35. The minimum atomic E-state index is -0.0932. The Bertz CT molecular complexity index is 564. The van der Waals surface area contributed by atoms with E-state index in [1.165, 1.54) is 10.6 Å². The molecule has 1 aliphatic carbocycles. The Morgan fingerprint density at radius 2 is 1.72 bits per heavy atom. The first-order valence-corrected chi connectivity index (χ1v) is 9.44. The number of anilines is 1. The van der Waals surface area contributed by atoms with Gasteiger partial charge in [0.05, 0.1) is 39.1 Å². The molecule has 0 bridgehead atoms. The van der Waals surface area contributed by atoms with Gasteiger partial charge in [0.2, 0.25) is 11.8 Å². The van der Waals surface area contributed by atoms with Crippen molar-refractivity contribution in [3.05, 3.63) is 30.3 Å². The quantitative estimate of drug-likeness (QED) is 0.664. The Balaban J connectivity index is 1.31. The van der Waals surface area contributed by atoms with Crippen LogP contribution in [-0.4, -0.2) is 44.5 Å². The van der Waals surface area contributed by atoms with E-state index in [2.05, 4.69) is 40.0 Å². The Hall–Kier alpha value is -2.08. The van der Waals surface area contributed by atoms with Crippen molar-refractivity contribution in [2.75, 3.05) is 37.6 Å². The molecule has 1 aromatic carbocycles. The first-order chi connectivity index (χ1) is 12.2. The van der Waals surface area contributed by atoms with Gasteiger partial charge in [-0.2, -0.15) is 0 Å². The van der Waals surface area contributed by atoms with Crippen LogP contribution >= 0.6 is 0 Å². The second kappa shape index (κ2) is 8.85. The Kier molecular flexibility index (Phi) is 6.28. The van der Waals surface area contributed by atoms with Gasteiger partial charge >= 0.3 is 0 Å². The Morgan fingerprint density at radius 1 is 1.04 bits per heavy atom. The predicted molar refractivity (Wildman–Crippen MR) is 97.1 cm³/mol. The maximum absolute atomic E-state index is 11.9. The van der Waals surface area contributed by atoms with Crippen LogP contribution in [0.25, 0.3) is 0 Å². The molecule has 1 aromatic rings. The molecule has 1 saturated heterocycles. The molecular formula is C19H29N4O2+. The number of hydrazine groups is 1. The van der Waals surface area contributed by atoms with E-state index in [1.54, 1.807) is 0 Å². The number of rotatable bonds is 5. The van der Waals surface area contributed by atoms with Crippen LogP contribution in [0.15, 0.2) is 30.3 Å². The van der Waals surface area contributed by atoms with Gasteiger partial charge in [-0.3, -0.25) is 20.4 Å². The third kappa shape index (κ3) is 5.19. The molecule has 0 aromatic heterocycles. The normalized spacial score (nSPS) is 19.0. The predicted octanol–water partition coefficient (Wildman–Crippen LogP) is 0.119. The first-order valence-electron chi connectivity index (χ1n) is 9.44. The highest BCUT2D eigenvalue weighted by molar-refractivity contribution is 5.83. The molecule has 0 spiro atoms. The fraction of sp³-hybridized carbons (Fsp3) is 0.579. The summed E-state index contributed by atoms with van der Waals surface area (Å²) in [6, 6.07) is 10.5. The SMILES string of the molecule is O=C(CC[NH+]1CCN(c2ccccc2)CC1)NNC(=O)C1CCCC1. The van der Waals surface area contributed by atoms with Crippen molar-refractivity contribution in [3.63, 3.8) is 0 Å². The van der Waals surface area contributed by atoms with E-state index < -0.39 is 0 Å². The van der Waals surface area contributed by atoms with Crippen LogP contribution in [0, 0.1) is 5.92 Å². The summed E-state index contributed by atoms with van der Waals surface area (Å²) in [5.41, 5.74) is 6.43. The van der Waals surface area contributed by atoms with E-state index in [4.69, 9.17) is 0 Å². The molecule has 2 aliphatic rings. The maximum atomic E-state index is 11.9. The summed E-state index contributed by atoms with van der Waals surface area (Å²) in [4.78, 5) is 27.7. The van der Waals surface area contributed by atoms with Crippen molar-refractivity contribution in [1.82, 2.24) is 10.9 Å². The summed E-state index contributed by atoms with van der Waals surface area (Å²) in [5, 5.41) is 0. The lowest BCUT2D eigenvalue weighted by molar-refractivity contribution is -0.900. The summed E-state index contributed by atoms with van der Waals surface area (Å²) in [6.45, 7) is 4.92. The highest BCUT2D eigenvalue weighted by atomic mass is 16.2. The van der Waals surface area contributed by atoms with Gasteiger partial charge in [-0.05, 0) is 25.0 Å². The number of hydrogen-bond donors (Lipinski definition) is 3. The van der Waals surface area contributed by atoms with Gasteiger partial charge in [0.1, 0.15) is 0 Å². The van der Waals surface area contributed by atoms with Gasteiger partial charge in [-0.1, -0.05) is 31.0 Å². The van der Waals surface area contributed by atoms with Gasteiger partial charge in [0.15, 0.2) is 0 Å². The molecule has 6 nitrogen and oxygen atoms in total. The van der Waals surface area contributed by atoms with Crippen molar-refractivity contribution in [2.45, 2.75) is 32.1 Å². The third-order valence-electron chi connectivity index (χ3n) is 5.35. The minimum absolute atomic E-state index is 0.0327. The zero-order valence-corrected chi connectivity index (χ0v) is 14.8. The van der Waals surface area contributed by atoms with E-state index >= 15 is 0 Å². The average Bonchev–Trinajstić information content (AvgIpc) is 3.20. The van der Waals surface area contributed by atoms with E-state index in [0.717, 1.165) is 58.4 Å². The highest BCUT2D eigenvalue weighted by Gasteiger charge is 2.23. The Morgan fingerprint density at radius 3 is 2.40 bits per heavy atom. The van der Waals surface area contributed by atoms with E-state index in [-0.39, 0.29) is 17.7 Å². The minimum Gasteiger partial charge on any atom is -0.360 e. The summed E-state index contributed by atoms with van der Waals surface area (Å²) >= 11 is 0. The van der Waals surface area contributed by atoms with E-state index in [1.807, 2.05) is 6.07 Å². The summed E-state index contributed by atoms with van der Waals surface area (Å²) in [7, 11) is 0. The van der Waals surface area contributed by atoms with Crippen LogP contribution in [0.5, 0.6) is 0 Å². The molecule has 2 amide bonds. The van der Waals surface area contributed by atoms with Gasteiger partial charge in [-0.15, -0.1) is 0 Å². The molecule has 6 heteroatoms. The first kappa shape index (κ1) is 17.7. The second-order valence-electron chi connectivity index (χ2n) is 7.09. The molecule has 1 saturated carbocycles. The lowest BCUT2D eigenvalue weighted by atomic mass is 10.1. The topological polar surface area (TPSA) is 65.9 Å². The maximum Gasteiger partial charge on any atom is 0.244 e. The van der Waals surface area contributed by atoms with Crippen molar-refractivity contribution in [3.8, 4) is 0 Å². The number of piperazine rings is 1. The fourth-order valence-corrected chi connectivity index (χ4v) is 3.74. The number of carbonyl (C=O) groups is 2. The molecular weight excluding hydrogens is 316 g/mol. The van der Waals surface area contributed by atoms with Crippen LogP contribution in [-0.2, 0) is 9.59 Å². The molecule has 136 valence electrons. The number of nitrogens with one attached hydrogen (secondary N) is 3. The van der Waals surface area contributed by atoms with Gasteiger partial charge in [-0.25, -0.2) is 0 Å². The average molecular weight is 345 g/mol. The molecule has 25 heavy (non-hydrogen) atoms. The zero-order valence-electron chi connectivity index (χ0n) is 14.8. The standard InChI is InChI=1S/C19H28N4O2/c24-18(20-21-19(25)16-6-4-5-7-16)10-11-22-12-14-23(15-13-22)17-8-2-1-3-9-17/h1-3,8-9,16H,4-7,10-15H2,(H,20,24)(H,21,25)/p+1. The van der Waals surface area contributed by atoms with Crippen molar-refractivity contribution >= 4 is 17.5 Å². The second-order valence-corrected chi connectivity index (χ2v) is 7.09. The van der Waals surface area contributed by atoms with Gasteiger partial charge < -0.3 is 9.80 Å². The molecule has 3 N–H and O–H groups in total. The molecule has 0 radical (unpaired) electrons. The number of quaternary nitrogens is 1. The van der Waals surface area contributed by atoms with Crippen molar-refractivity contribution in [2.24, 2.45) is 5.92 Å². The van der Waals surface area contributed by atoms with Crippen LogP contribution in [0.4, 0.5) is 5.69 Å². The Labute approximate surface area is 149 Å². The van der Waals surface area contributed by atoms with Crippen molar-refractivity contribution in [1.29, 1.82) is 0 Å².